The average molecular weight is 499 g/mol. The van der Waals surface area contributed by atoms with Crippen LogP contribution in [0.2, 0.25) is 0 Å². The molecule has 2 nitrogen and oxygen atoms in total. The highest BCUT2D eigenvalue weighted by Crippen LogP contribution is 2.44. The molecule has 0 saturated carbocycles. The van der Waals surface area contributed by atoms with Crippen molar-refractivity contribution in [3.8, 4) is 0 Å². The lowest BCUT2D eigenvalue weighted by Crippen LogP contribution is -2.38. The minimum atomic E-state index is -0.184. The Morgan fingerprint density at radius 3 is 1.43 bits per heavy atom. The van der Waals surface area contributed by atoms with Crippen LogP contribution in [-0.4, -0.2) is 5.78 Å². The fourth-order valence-corrected chi connectivity index (χ4v) is 4.92. The molecule has 0 saturated heterocycles. The van der Waals surface area contributed by atoms with Crippen molar-refractivity contribution < 1.29 is 9.53 Å². The molecule has 1 aromatic carbocycles. The molecule has 37 heavy (non-hydrogen) atoms. The molecule has 2 aliphatic rings. The fourth-order valence-electron chi connectivity index (χ4n) is 4.92. The van der Waals surface area contributed by atoms with Gasteiger partial charge in [0.05, 0.1) is 12.5 Å². The highest BCUT2D eigenvalue weighted by Gasteiger charge is 2.35. The zero-order chi connectivity index (χ0) is 28.0. The molecule has 0 bridgehead atoms. The maximum absolute atomic E-state index is 13.0. The van der Waals surface area contributed by atoms with Crippen LogP contribution in [0.4, 0.5) is 0 Å². The topological polar surface area (TPSA) is 26.3 Å². The first-order chi connectivity index (χ1) is 16.8. The molecule has 3 rings (SSSR count). The average Bonchev–Trinajstić information content (AvgIpc) is 2.75. The van der Waals surface area contributed by atoms with E-state index in [1.807, 2.05) is 24.3 Å². The van der Waals surface area contributed by atoms with Gasteiger partial charge < -0.3 is 4.74 Å². The van der Waals surface area contributed by atoms with Crippen molar-refractivity contribution >= 4 is 17.4 Å². The number of allylic oxidation sites excluding steroid dienone is 8. The Kier molecular flexibility index (Phi) is 7.59. The van der Waals surface area contributed by atoms with Crippen molar-refractivity contribution in [3.63, 3.8) is 0 Å². The van der Waals surface area contributed by atoms with Gasteiger partial charge in [0, 0.05) is 0 Å². The molecule has 0 N–H and O–H groups in total. The van der Waals surface area contributed by atoms with Gasteiger partial charge in [-0.2, -0.15) is 0 Å². The molecule has 1 aliphatic heterocycles. The van der Waals surface area contributed by atoms with Gasteiger partial charge in [-0.15, -0.1) is 0 Å². The van der Waals surface area contributed by atoms with Gasteiger partial charge in [0.1, 0.15) is 0 Å². The van der Waals surface area contributed by atoms with Crippen LogP contribution in [0.25, 0.3) is 11.6 Å². The summed E-state index contributed by atoms with van der Waals surface area (Å²) in [6.07, 6.45) is 15.4. The lowest BCUT2D eigenvalue weighted by molar-refractivity contribution is -0.110. The lowest BCUT2D eigenvalue weighted by Gasteiger charge is -2.37. The fraction of sp³-hybridized carbons (Fsp3) is 0.457. The number of hydrogen-bond acceptors (Lipinski definition) is 2. The van der Waals surface area contributed by atoms with Gasteiger partial charge in [-0.25, -0.2) is 0 Å². The quantitative estimate of drug-likeness (QED) is 0.396. The third kappa shape index (κ3) is 6.53. The zero-order valence-corrected chi connectivity index (χ0v) is 25.1. The maximum Gasteiger partial charge on any atom is 0.179 e. The smallest absolute Gasteiger partial charge is 0.179 e. The molecule has 0 amide bonds. The van der Waals surface area contributed by atoms with Crippen LogP contribution in [0.15, 0.2) is 71.8 Å². The molecule has 198 valence electrons. The second kappa shape index (κ2) is 9.78. The van der Waals surface area contributed by atoms with E-state index >= 15 is 0 Å². The van der Waals surface area contributed by atoms with E-state index in [0.29, 0.717) is 0 Å². The summed E-state index contributed by atoms with van der Waals surface area (Å²) in [7, 11) is 0. The van der Waals surface area contributed by atoms with Gasteiger partial charge in [-0.3, -0.25) is 4.79 Å². The third-order valence-electron chi connectivity index (χ3n) is 6.90. The van der Waals surface area contributed by atoms with Crippen molar-refractivity contribution in [2.24, 2.45) is 10.8 Å². The molecule has 0 aromatic heterocycles. The number of hydrogen-bond donors (Lipinski definition) is 0. The van der Waals surface area contributed by atoms with Crippen LogP contribution < -0.4 is 10.4 Å². The van der Waals surface area contributed by atoms with Crippen molar-refractivity contribution in [3.05, 3.63) is 93.3 Å². The van der Waals surface area contributed by atoms with E-state index < -0.39 is 0 Å². The summed E-state index contributed by atoms with van der Waals surface area (Å²) < 4.78 is 5.19. The van der Waals surface area contributed by atoms with Crippen LogP contribution in [0.3, 0.4) is 0 Å². The van der Waals surface area contributed by atoms with E-state index in [2.05, 4.69) is 107 Å². The minimum absolute atomic E-state index is 0.0855. The minimum Gasteiger partial charge on any atom is -0.473 e. The summed E-state index contributed by atoms with van der Waals surface area (Å²) >= 11 is 0. The van der Waals surface area contributed by atoms with Crippen LogP contribution >= 0.6 is 0 Å². The van der Waals surface area contributed by atoms with E-state index in [1.54, 1.807) is 12.5 Å². The second-order valence-corrected chi connectivity index (χ2v) is 14.5. The molecule has 0 spiro atoms. The monoisotopic (exact) mass is 498 g/mol. The van der Waals surface area contributed by atoms with Gasteiger partial charge in [0.15, 0.2) is 5.78 Å². The molecule has 0 atom stereocenters. The number of ether oxygens (including phenoxy) is 1. The maximum atomic E-state index is 13.0. The molecule has 0 unspecified atom stereocenters. The highest BCUT2D eigenvalue weighted by atomic mass is 16.5. The number of carbonyl (C=O) groups excluding carboxylic acids is 1. The normalized spacial score (nSPS) is 16.9. The number of benzene rings is 1. The van der Waals surface area contributed by atoms with Crippen LogP contribution in [-0.2, 0) is 20.4 Å². The Balaban J connectivity index is 2.62. The summed E-state index contributed by atoms with van der Waals surface area (Å²) in [6.45, 7) is 27.1. The number of carbonyl (C=O) groups is 1. The van der Waals surface area contributed by atoms with Crippen molar-refractivity contribution in [1.82, 2.24) is 0 Å². The molecule has 0 radical (unpaired) electrons. The molecule has 1 aromatic rings. The summed E-state index contributed by atoms with van der Waals surface area (Å²) in [6, 6.07) is 4.69. The highest BCUT2D eigenvalue weighted by molar-refractivity contribution is 6.08. The van der Waals surface area contributed by atoms with Crippen LogP contribution in [0.1, 0.15) is 94.2 Å². The first-order valence-electron chi connectivity index (χ1n) is 13.4. The van der Waals surface area contributed by atoms with E-state index in [9.17, 15) is 4.79 Å². The Hall–Kier alpha value is -2.87. The summed E-state index contributed by atoms with van der Waals surface area (Å²) in [5, 5.41) is 2.46. The SMILES string of the molecule is CC(C)(C)C1=CC(=O)C=C(C(C)(C)C)C1=c1c(C(C)(C)C)cc(=CC=C2C=COC=C2)cc1C(C)(C)C. The molecule has 0 fully saturated rings. The van der Waals surface area contributed by atoms with E-state index in [-0.39, 0.29) is 27.4 Å². The lowest BCUT2D eigenvalue weighted by atomic mass is 9.67. The molecular weight excluding hydrogens is 452 g/mol. The predicted octanol–water partition coefficient (Wildman–Crippen LogP) is 7.72. The number of ketones is 1. The third-order valence-corrected chi connectivity index (χ3v) is 6.90. The van der Waals surface area contributed by atoms with E-state index in [1.165, 1.54) is 27.1 Å². The Morgan fingerprint density at radius 1 is 0.622 bits per heavy atom. The first kappa shape index (κ1) is 28.7. The van der Waals surface area contributed by atoms with E-state index in [0.717, 1.165) is 16.7 Å². The molecular formula is C35H46O2. The van der Waals surface area contributed by atoms with Crippen molar-refractivity contribution in [1.29, 1.82) is 0 Å². The van der Waals surface area contributed by atoms with Crippen LogP contribution in [0, 0.1) is 10.8 Å². The molecule has 1 heterocycles. The summed E-state index contributed by atoms with van der Waals surface area (Å²) in [4.78, 5) is 13.0. The molecule has 2 heteroatoms. The Bertz CT molecular complexity index is 1270. The zero-order valence-electron chi connectivity index (χ0n) is 25.1. The van der Waals surface area contributed by atoms with Gasteiger partial charge in [0.25, 0.3) is 0 Å². The Morgan fingerprint density at radius 2 is 1.05 bits per heavy atom. The van der Waals surface area contributed by atoms with Gasteiger partial charge >= 0.3 is 0 Å². The van der Waals surface area contributed by atoms with E-state index in [4.69, 9.17) is 4.74 Å². The summed E-state index contributed by atoms with van der Waals surface area (Å²) in [5.41, 5.74) is 6.60. The van der Waals surface area contributed by atoms with Crippen molar-refractivity contribution in [2.75, 3.05) is 0 Å². The first-order valence-corrected chi connectivity index (χ1v) is 13.4. The number of rotatable bonds is 1. The standard InChI is InChI=1S/C35H46O2/c1-32(2,3)26-19-24(14-13-23-15-17-37-18-16-23)20-27(33(4,5)6)30(26)31-28(34(7,8)9)21-25(36)22-29(31)35(10,11)12/h13-22H,1-12H3. The summed E-state index contributed by atoms with van der Waals surface area (Å²) in [5.74, 6) is 0.0855. The van der Waals surface area contributed by atoms with Crippen LogP contribution in [0.5, 0.6) is 0 Å². The van der Waals surface area contributed by atoms with Gasteiger partial charge in [-0.1, -0.05) is 107 Å². The van der Waals surface area contributed by atoms with Gasteiger partial charge in [0.2, 0.25) is 0 Å². The predicted molar refractivity (Wildman–Crippen MR) is 158 cm³/mol. The second-order valence-electron chi connectivity index (χ2n) is 14.5. The van der Waals surface area contributed by atoms with Crippen molar-refractivity contribution in [2.45, 2.75) is 93.9 Å². The van der Waals surface area contributed by atoms with Gasteiger partial charge in [-0.05, 0) is 89.8 Å². The Labute approximate surface area is 224 Å². The largest absolute Gasteiger partial charge is 0.473 e. The molecule has 1 aliphatic carbocycles.